The molecular weight excluding hydrogens is 436 g/mol. The molecule has 1 N–H and O–H groups in total. The fourth-order valence-corrected chi connectivity index (χ4v) is 4.27. The molecule has 2 heterocycles. The third kappa shape index (κ3) is 4.65. The SMILES string of the molecule is CCn1cc2cc(COC(=O)Nc3sc(-c4ccc(Cl)cc4OC)nc3C)ccc2n1. The van der Waals surface area contributed by atoms with Crippen LogP contribution in [-0.2, 0) is 17.9 Å². The molecule has 7 nitrogen and oxygen atoms in total. The highest BCUT2D eigenvalue weighted by Gasteiger charge is 2.16. The highest BCUT2D eigenvalue weighted by atomic mass is 35.5. The average Bonchev–Trinajstić information content (AvgIpc) is 3.34. The number of fused-ring (bicyclic) bond motifs is 1. The molecule has 0 spiro atoms. The van der Waals surface area contributed by atoms with E-state index in [2.05, 4.69) is 15.4 Å². The van der Waals surface area contributed by atoms with Crippen LogP contribution in [0, 0.1) is 6.92 Å². The van der Waals surface area contributed by atoms with Crippen molar-refractivity contribution in [3.05, 3.63) is 58.9 Å². The van der Waals surface area contributed by atoms with Gasteiger partial charge < -0.3 is 9.47 Å². The predicted molar refractivity (Wildman–Crippen MR) is 123 cm³/mol. The van der Waals surface area contributed by atoms with Gasteiger partial charge in [0.2, 0.25) is 0 Å². The van der Waals surface area contributed by atoms with E-state index in [1.165, 1.54) is 11.3 Å². The lowest BCUT2D eigenvalue weighted by Crippen LogP contribution is -2.13. The number of carbonyl (C=O) groups excluding carboxylic acids is 1. The molecule has 0 atom stereocenters. The third-order valence-corrected chi connectivity index (χ3v) is 6.06. The monoisotopic (exact) mass is 456 g/mol. The first kappa shape index (κ1) is 21.1. The molecule has 0 aliphatic heterocycles. The lowest BCUT2D eigenvalue weighted by molar-refractivity contribution is 0.155. The summed E-state index contributed by atoms with van der Waals surface area (Å²) in [7, 11) is 1.58. The van der Waals surface area contributed by atoms with Crippen molar-refractivity contribution in [3.63, 3.8) is 0 Å². The molecule has 0 bridgehead atoms. The summed E-state index contributed by atoms with van der Waals surface area (Å²) in [6.07, 6.45) is 1.44. The lowest BCUT2D eigenvalue weighted by atomic mass is 10.2. The van der Waals surface area contributed by atoms with Crippen LogP contribution in [0.2, 0.25) is 5.02 Å². The molecule has 0 radical (unpaired) electrons. The maximum absolute atomic E-state index is 12.4. The molecule has 31 heavy (non-hydrogen) atoms. The molecule has 0 aliphatic carbocycles. The first-order valence-corrected chi connectivity index (χ1v) is 10.9. The first-order valence-electron chi connectivity index (χ1n) is 9.68. The number of aryl methyl sites for hydroxylation is 2. The van der Waals surface area contributed by atoms with Gasteiger partial charge >= 0.3 is 6.09 Å². The zero-order valence-electron chi connectivity index (χ0n) is 17.3. The van der Waals surface area contributed by atoms with Crippen LogP contribution in [0.15, 0.2) is 42.6 Å². The topological polar surface area (TPSA) is 78.3 Å². The van der Waals surface area contributed by atoms with Crippen LogP contribution in [0.5, 0.6) is 5.75 Å². The third-order valence-electron chi connectivity index (χ3n) is 4.72. The van der Waals surface area contributed by atoms with Gasteiger partial charge in [-0.25, -0.2) is 9.78 Å². The minimum atomic E-state index is -0.536. The van der Waals surface area contributed by atoms with Crippen LogP contribution in [0.25, 0.3) is 21.5 Å². The molecule has 0 fully saturated rings. The smallest absolute Gasteiger partial charge is 0.412 e. The van der Waals surface area contributed by atoms with Crippen molar-refractivity contribution in [2.45, 2.75) is 27.0 Å². The van der Waals surface area contributed by atoms with Gasteiger partial charge in [-0.05, 0) is 49.7 Å². The number of halogens is 1. The van der Waals surface area contributed by atoms with Crippen molar-refractivity contribution < 1.29 is 14.3 Å². The molecule has 0 unspecified atom stereocenters. The number of methoxy groups -OCH3 is 1. The molecular formula is C22H21ClN4O3S. The minimum Gasteiger partial charge on any atom is -0.496 e. The molecule has 9 heteroatoms. The second-order valence-corrected chi connectivity index (χ2v) is 8.29. The summed E-state index contributed by atoms with van der Waals surface area (Å²) in [4.78, 5) is 16.9. The number of carbonyl (C=O) groups is 1. The van der Waals surface area contributed by atoms with E-state index < -0.39 is 6.09 Å². The Morgan fingerprint density at radius 3 is 2.87 bits per heavy atom. The zero-order valence-corrected chi connectivity index (χ0v) is 18.9. The van der Waals surface area contributed by atoms with Gasteiger partial charge in [-0.15, -0.1) is 0 Å². The van der Waals surface area contributed by atoms with E-state index in [1.807, 2.05) is 49.0 Å². The molecule has 2 aromatic heterocycles. The quantitative estimate of drug-likeness (QED) is 0.391. The summed E-state index contributed by atoms with van der Waals surface area (Å²) in [5.41, 5.74) is 3.32. The van der Waals surface area contributed by atoms with Crippen LogP contribution in [0.1, 0.15) is 18.2 Å². The van der Waals surface area contributed by atoms with Crippen molar-refractivity contribution in [3.8, 4) is 16.3 Å². The highest BCUT2D eigenvalue weighted by molar-refractivity contribution is 7.19. The van der Waals surface area contributed by atoms with Crippen LogP contribution in [-0.4, -0.2) is 28.0 Å². The molecule has 160 valence electrons. The molecule has 0 saturated heterocycles. The number of hydrogen-bond acceptors (Lipinski definition) is 6. The number of thiazole rings is 1. The summed E-state index contributed by atoms with van der Waals surface area (Å²) in [6.45, 7) is 4.84. The lowest BCUT2D eigenvalue weighted by Gasteiger charge is -2.06. The predicted octanol–water partition coefficient (Wildman–Crippen LogP) is 5.90. The minimum absolute atomic E-state index is 0.162. The van der Waals surface area contributed by atoms with Gasteiger partial charge in [-0.3, -0.25) is 10.00 Å². The van der Waals surface area contributed by atoms with Crippen molar-refractivity contribution in [2.24, 2.45) is 0 Å². The largest absolute Gasteiger partial charge is 0.496 e. The summed E-state index contributed by atoms with van der Waals surface area (Å²) in [5, 5.41) is 10.2. The summed E-state index contributed by atoms with van der Waals surface area (Å²) in [5.74, 6) is 0.622. The Kier molecular flexibility index (Phi) is 6.11. The molecule has 0 saturated carbocycles. The van der Waals surface area contributed by atoms with E-state index in [0.29, 0.717) is 21.5 Å². The number of hydrogen-bond donors (Lipinski definition) is 1. The first-order chi connectivity index (χ1) is 15.0. The number of ether oxygens (including phenoxy) is 2. The summed E-state index contributed by atoms with van der Waals surface area (Å²) >= 11 is 7.39. The van der Waals surface area contributed by atoms with Gasteiger partial charge in [0.1, 0.15) is 22.4 Å². The molecule has 0 aliphatic rings. The summed E-state index contributed by atoms with van der Waals surface area (Å²) < 4.78 is 12.7. The highest BCUT2D eigenvalue weighted by Crippen LogP contribution is 2.38. The molecule has 2 aromatic carbocycles. The maximum Gasteiger partial charge on any atom is 0.412 e. The number of nitrogens with one attached hydrogen (secondary N) is 1. The fourth-order valence-electron chi connectivity index (χ4n) is 3.13. The number of nitrogens with zero attached hydrogens (tertiary/aromatic N) is 3. The Bertz CT molecular complexity index is 1250. The molecule has 4 rings (SSSR count). The zero-order chi connectivity index (χ0) is 22.0. The van der Waals surface area contributed by atoms with Gasteiger partial charge in [-0.1, -0.05) is 29.0 Å². The maximum atomic E-state index is 12.4. The van der Waals surface area contributed by atoms with Gasteiger partial charge in [0.15, 0.2) is 0 Å². The Labute approximate surface area is 188 Å². The van der Waals surface area contributed by atoms with Crippen LogP contribution < -0.4 is 10.1 Å². The average molecular weight is 457 g/mol. The van der Waals surface area contributed by atoms with E-state index >= 15 is 0 Å². The summed E-state index contributed by atoms with van der Waals surface area (Å²) in [6, 6.07) is 11.2. The van der Waals surface area contributed by atoms with Crippen molar-refractivity contribution >= 4 is 44.9 Å². The van der Waals surface area contributed by atoms with Gasteiger partial charge in [-0.2, -0.15) is 5.10 Å². The van der Waals surface area contributed by atoms with E-state index in [4.69, 9.17) is 21.1 Å². The number of anilines is 1. The number of aromatic nitrogens is 3. The number of benzene rings is 2. The van der Waals surface area contributed by atoms with Crippen LogP contribution in [0.3, 0.4) is 0 Å². The van der Waals surface area contributed by atoms with E-state index in [0.717, 1.165) is 33.6 Å². The normalized spacial score (nSPS) is 11.0. The second kappa shape index (κ2) is 8.95. The van der Waals surface area contributed by atoms with Crippen molar-refractivity contribution in [2.75, 3.05) is 12.4 Å². The fraction of sp³-hybridized carbons (Fsp3) is 0.227. The van der Waals surface area contributed by atoms with E-state index in [-0.39, 0.29) is 6.61 Å². The van der Waals surface area contributed by atoms with Crippen molar-refractivity contribution in [1.29, 1.82) is 0 Å². The Morgan fingerprint density at radius 1 is 1.26 bits per heavy atom. The Morgan fingerprint density at radius 2 is 2.10 bits per heavy atom. The standard InChI is InChI=1S/C22H21ClN4O3S/c1-4-27-11-15-9-14(5-8-18(15)26-27)12-30-22(28)25-20-13(2)24-21(31-20)17-7-6-16(23)10-19(17)29-3/h5-11H,4,12H2,1-3H3,(H,25,28). The molecule has 4 aromatic rings. The van der Waals surface area contributed by atoms with E-state index in [9.17, 15) is 4.79 Å². The Hall–Kier alpha value is -3.10. The number of amides is 1. The van der Waals surface area contributed by atoms with Gasteiger partial charge in [0.25, 0.3) is 0 Å². The number of rotatable bonds is 6. The van der Waals surface area contributed by atoms with Gasteiger partial charge in [0, 0.05) is 23.2 Å². The molecule has 1 amide bonds. The van der Waals surface area contributed by atoms with Crippen LogP contribution >= 0.6 is 22.9 Å². The second-order valence-electron chi connectivity index (χ2n) is 6.86. The van der Waals surface area contributed by atoms with Crippen LogP contribution in [0.4, 0.5) is 9.80 Å². The van der Waals surface area contributed by atoms with Crippen molar-refractivity contribution in [1.82, 2.24) is 14.8 Å². The van der Waals surface area contributed by atoms with E-state index in [1.54, 1.807) is 19.2 Å². The Balaban J connectivity index is 1.43. The van der Waals surface area contributed by atoms with Gasteiger partial charge in [0.05, 0.1) is 23.9 Å².